The van der Waals surface area contributed by atoms with Gasteiger partial charge in [-0.2, -0.15) is 0 Å². The standard InChI is InChI=1S/C21H16N2O2S/c1-13-3-5-16(6-4-13)18-11-26-21-19(18)20(22-12-23-21)25-17-9-7-15(8-10-17)14(2)24/h3-12H,1-2H3. The number of aromatic nitrogens is 2. The van der Waals surface area contributed by atoms with Crippen molar-refractivity contribution < 1.29 is 9.53 Å². The first-order valence-electron chi connectivity index (χ1n) is 8.20. The maximum absolute atomic E-state index is 11.4. The van der Waals surface area contributed by atoms with Crippen molar-refractivity contribution in [3.63, 3.8) is 0 Å². The van der Waals surface area contributed by atoms with Crippen LogP contribution < -0.4 is 4.74 Å². The molecule has 4 rings (SSSR count). The molecule has 0 radical (unpaired) electrons. The van der Waals surface area contributed by atoms with Gasteiger partial charge in [-0.3, -0.25) is 4.79 Å². The van der Waals surface area contributed by atoms with Crippen LogP contribution in [-0.4, -0.2) is 15.8 Å². The van der Waals surface area contributed by atoms with Gasteiger partial charge in [0.25, 0.3) is 0 Å². The number of hydrogen-bond acceptors (Lipinski definition) is 5. The zero-order valence-electron chi connectivity index (χ0n) is 14.4. The molecule has 0 saturated carbocycles. The van der Waals surface area contributed by atoms with Crippen molar-refractivity contribution in [2.24, 2.45) is 0 Å². The van der Waals surface area contributed by atoms with E-state index in [0.717, 1.165) is 21.3 Å². The van der Waals surface area contributed by atoms with Gasteiger partial charge in [0.15, 0.2) is 5.78 Å². The minimum atomic E-state index is 0.0282. The second kappa shape index (κ2) is 6.69. The molecule has 0 bridgehead atoms. The van der Waals surface area contributed by atoms with Gasteiger partial charge in [-0.25, -0.2) is 9.97 Å². The molecule has 26 heavy (non-hydrogen) atoms. The average Bonchev–Trinajstić information content (AvgIpc) is 3.08. The molecule has 0 aliphatic carbocycles. The molecule has 0 amide bonds. The fourth-order valence-corrected chi connectivity index (χ4v) is 3.65. The van der Waals surface area contributed by atoms with Crippen molar-refractivity contribution >= 4 is 27.3 Å². The molecule has 0 aliphatic rings. The largest absolute Gasteiger partial charge is 0.438 e. The fourth-order valence-electron chi connectivity index (χ4n) is 2.74. The number of fused-ring (bicyclic) bond motifs is 1. The molecule has 2 aromatic heterocycles. The predicted molar refractivity (Wildman–Crippen MR) is 104 cm³/mol. The molecule has 0 aliphatic heterocycles. The first-order valence-corrected chi connectivity index (χ1v) is 9.08. The number of Topliss-reactive ketones (excluding diaryl/α,β-unsaturated/α-hetero) is 1. The van der Waals surface area contributed by atoms with Crippen LogP contribution in [0.25, 0.3) is 21.3 Å². The zero-order chi connectivity index (χ0) is 18.1. The second-order valence-electron chi connectivity index (χ2n) is 6.06. The number of rotatable bonds is 4. The van der Waals surface area contributed by atoms with Gasteiger partial charge in [-0.05, 0) is 43.7 Å². The van der Waals surface area contributed by atoms with E-state index in [0.29, 0.717) is 17.2 Å². The number of ketones is 1. The highest BCUT2D eigenvalue weighted by Crippen LogP contribution is 2.39. The van der Waals surface area contributed by atoms with Gasteiger partial charge in [0.1, 0.15) is 16.9 Å². The van der Waals surface area contributed by atoms with Gasteiger partial charge in [0.05, 0.1) is 5.39 Å². The lowest BCUT2D eigenvalue weighted by molar-refractivity contribution is 0.101. The SMILES string of the molecule is CC(=O)c1ccc(Oc2ncnc3scc(-c4ccc(C)cc4)c23)cc1. The molecule has 2 aromatic carbocycles. The number of ether oxygens (including phenoxy) is 1. The molecule has 0 saturated heterocycles. The molecule has 128 valence electrons. The van der Waals surface area contributed by atoms with Gasteiger partial charge < -0.3 is 4.74 Å². The Morgan fingerprint density at radius 1 is 1.00 bits per heavy atom. The molecule has 2 heterocycles. The summed E-state index contributed by atoms with van der Waals surface area (Å²) in [4.78, 5) is 21.0. The summed E-state index contributed by atoms with van der Waals surface area (Å²) in [6.45, 7) is 3.61. The third-order valence-corrected chi connectivity index (χ3v) is 5.06. The summed E-state index contributed by atoms with van der Waals surface area (Å²) in [5, 5.41) is 2.98. The van der Waals surface area contributed by atoms with Crippen LogP contribution in [0.5, 0.6) is 11.6 Å². The van der Waals surface area contributed by atoms with E-state index in [4.69, 9.17) is 4.74 Å². The summed E-state index contributed by atoms with van der Waals surface area (Å²) in [5.41, 5.74) is 4.03. The van der Waals surface area contributed by atoms with Crippen LogP contribution in [0.2, 0.25) is 0 Å². The molecular weight excluding hydrogens is 344 g/mol. The van der Waals surface area contributed by atoms with E-state index in [2.05, 4.69) is 46.5 Å². The summed E-state index contributed by atoms with van der Waals surface area (Å²) in [7, 11) is 0. The fraction of sp³-hybridized carbons (Fsp3) is 0.0952. The highest BCUT2D eigenvalue weighted by molar-refractivity contribution is 7.17. The molecule has 0 N–H and O–H groups in total. The summed E-state index contributed by atoms with van der Waals surface area (Å²) in [6.07, 6.45) is 1.51. The Morgan fingerprint density at radius 2 is 1.73 bits per heavy atom. The number of thiophene rings is 1. The van der Waals surface area contributed by atoms with Crippen LogP contribution in [0.15, 0.2) is 60.2 Å². The Labute approximate surface area is 155 Å². The van der Waals surface area contributed by atoms with Crippen LogP contribution in [0.1, 0.15) is 22.8 Å². The smallest absolute Gasteiger partial charge is 0.231 e. The van der Waals surface area contributed by atoms with Gasteiger partial charge in [-0.15, -0.1) is 11.3 Å². The number of benzene rings is 2. The van der Waals surface area contributed by atoms with Crippen molar-refractivity contribution in [2.45, 2.75) is 13.8 Å². The van der Waals surface area contributed by atoms with Crippen LogP contribution in [0, 0.1) is 6.92 Å². The molecule has 0 unspecified atom stereocenters. The minimum absolute atomic E-state index is 0.0282. The maximum Gasteiger partial charge on any atom is 0.231 e. The van der Waals surface area contributed by atoms with Crippen LogP contribution >= 0.6 is 11.3 Å². The summed E-state index contributed by atoms with van der Waals surface area (Å²) >= 11 is 1.57. The first kappa shape index (κ1) is 16.4. The lowest BCUT2D eigenvalue weighted by atomic mass is 10.0. The first-order chi connectivity index (χ1) is 12.6. The van der Waals surface area contributed by atoms with E-state index in [1.165, 1.54) is 11.9 Å². The maximum atomic E-state index is 11.4. The van der Waals surface area contributed by atoms with E-state index >= 15 is 0 Å². The number of aryl methyl sites for hydroxylation is 1. The lowest BCUT2D eigenvalue weighted by Crippen LogP contribution is -1.93. The van der Waals surface area contributed by atoms with Crippen molar-refractivity contribution in [2.75, 3.05) is 0 Å². The third kappa shape index (κ3) is 3.09. The predicted octanol–water partition coefficient (Wildman–Crippen LogP) is 5.66. The number of nitrogens with zero attached hydrogens (tertiary/aromatic N) is 2. The molecule has 4 nitrogen and oxygen atoms in total. The molecule has 0 atom stereocenters. The summed E-state index contributed by atoms with van der Waals surface area (Å²) in [5.74, 6) is 1.18. The van der Waals surface area contributed by atoms with Gasteiger partial charge in [0.2, 0.25) is 5.88 Å². The van der Waals surface area contributed by atoms with E-state index in [1.807, 2.05) is 0 Å². The van der Waals surface area contributed by atoms with Crippen LogP contribution in [0.4, 0.5) is 0 Å². The van der Waals surface area contributed by atoms with Crippen LogP contribution in [-0.2, 0) is 0 Å². The Bertz CT molecular complexity index is 1080. The Kier molecular flexibility index (Phi) is 4.22. The highest BCUT2D eigenvalue weighted by Gasteiger charge is 2.15. The van der Waals surface area contributed by atoms with Crippen molar-refractivity contribution in [3.05, 3.63) is 71.4 Å². The Hall–Kier alpha value is -3.05. The van der Waals surface area contributed by atoms with E-state index in [1.54, 1.807) is 42.5 Å². The van der Waals surface area contributed by atoms with E-state index in [-0.39, 0.29) is 5.78 Å². The Balaban J connectivity index is 1.76. The van der Waals surface area contributed by atoms with E-state index < -0.39 is 0 Å². The minimum Gasteiger partial charge on any atom is -0.438 e. The van der Waals surface area contributed by atoms with Gasteiger partial charge in [-0.1, -0.05) is 29.8 Å². The van der Waals surface area contributed by atoms with Crippen LogP contribution in [0.3, 0.4) is 0 Å². The molecule has 4 aromatic rings. The summed E-state index contributed by atoms with van der Waals surface area (Å²) < 4.78 is 6.01. The second-order valence-corrected chi connectivity index (χ2v) is 6.92. The summed E-state index contributed by atoms with van der Waals surface area (Å²) in [6, 6.07) is 15.4. The molecule has 5 heteroatoms. The monoisotopic (exact) mass is 360 g/mol. The molecule has 0 spiro atoms. The van der Waals surface area contributed by atoms with Crippen molar-refractivity contribution in [3.8, 4) is 22.8 Å². The number of carbonyl (C=O) groups is 1. The molecular formula is C21H16N2O2S. The third-order valence-electron chi connectivity index (χ3n) is 4.17. The lowest BCUT2D eigenvalue weighted by Gasteiger charge is -2.08. The molecule has 0 fully saturated rings. The normalized spacial score (nSPS) is 10.8. The average molecular weight is 360 g/mol. The zero-order valence-corrected chi connectivity index (χ0v) is 15.2. The van der Waals surface area contributed by atoms with Crippen molar-refractivity contribution in [1.29, 1.82) is 0 Å². The topological polar surface area (TPSA) is 52.1 Å². The quantitative estimate of drug-likeness (QED) is 0.441. The number of carbonyl (C=O) groups excluding carboxylic acids is 1. The van der Waals surface area contributed by atoms with Gasteiger partial charge >= 0.3 is 0 Å². The Morgan fingerprint density at radius 3 is 2.42 bits per heavy atom. The number of hydrogen-bond donors (Lipinski definition) is 0. The van der Waals surface area contributed by atoms with Gasteiger partial charge in [0, 0.05) is 16.5 Å². The highest BCUT2D eigenvalue weighted by atomic mass is 32.1. The van der Waals surface area contributed by atoms with Crippen molar-refractivity contribution in [1.82, 2.24) is 9.97 Å². The van der Waals surface area contributed by atoms with E-state index in [9.17, 15) is 4.79 Å².